The molecule has 0 saturated carbocycles. The van der Waals surface area contributed by atoms with Gasteiger partial charge >= 0.3 is 0 Å². The zero-order valence-corrected chi connectivity index (χ0v) is 7.68. The fourth-order valence-electron chi connectivity index (χ4n) is 1.39. The summed E-state index contributed by atoms with van der Waals surface area (Å²) in [6.07, 6.45) is 0. The Morgan fingerprint density at radius 3 is 2.29 bits per heavy atom. The molecule has 1 heterocycles. The standard InChI is InChI=1S/C10H10N2O2/c1-7-11-9(13)10(14)12(7)8-5-3-2-4-6-8/h2-6,13-14H,1H3. The van der Waals surface area contributed by atoms with Crippen LogP contribution in [-0.2, 0) is 0 Å². The minimum atomic E-state index is -0.341. The number of aromatic hydroxyl groups is 2. The summed E-state index contributed by atoms with van der Waals surface area (Å²) in [5.74, 6) is -0.0220. The summed E-state index contributed by atoms with van der Waals surface area (Å²) in [7, 11) is 0. The van der Waals surface area contributed by atoms with E-state index in [0.717, 1.165) is 5.69 Å². The first-order valence-corrected chi connectivity index (χ1v) is 4.23. The molecule has 2 rings (SSSR count). The minimum absolute atomic E-state index is 0.228. The first-order valence-electron chi connectivity index (χ1n) is 4.23. The van der Waals surface area contributed by atoms with Crippen LogP contribution in [0, 0.1) is 6.92 Å². The third-order valence-electron chi connectivity index (χ3n) is 2.02. The minimum Gasteiger partial charge on any atom is -0.490 e. The van der Waals surface area contributed by atoms with E-state index < -0.39 is 0 Å². The zero-order valence-electron chi connectivity index (χ0n) is 7.68. The summed E-state index contributed by atoms with van der Waals surface area (Å²) >= 11 is 0. The molecule has 0 unspecified atom stereocenters. The second kappa shape index (κ2) is 3.06. The Balaban J connectivity index is 2.62. The van der Waals surface area contributed by atoms with Crippen LogP contribution >= 0.6 is 0 Å². The molecule has 4 heteroatoms. The van der Waals surface area contributed by atoms with Crippen LogP contribution < -0.4 is 0 Å². The van der Waals surface area contributed by atoms with Gasteiger partial charge in [0.2, 0.25) is 0 Å². The van der Waals surface area contributed by atoms with E-state index in [1.807, 2.05) is 30.3 Å². The normalized spacial score (nSPS) is 10.4. The number of hydrogen-bond acceptors (Lipinski definition) is 3. The zero-order chi connectivity index (χ0) is 10.1. The van der Waals surface area contributed by atoms with Crippen molar-refractivity contribution < 1.29 is 10.2 Å². The average Bonchev–Trinajstić information content (AvgIpc) is 2.43. The summed E-state index contributed by atoms with van der Waals surface area (Å²) in [6, 6.07) is 9.24. The van der Waals surface area contributed by atoms with Gasteiger partial charge in [0, 0.05) is 0 Å². The van der Waals surface area contributed by atoms with Crippen LogP contribution in [0.25, 0.3) is 5.69 Å². The molecule has 0 aliphatic heterocycles. The summed E-state index contributed by atoms with van der Waals surface area (Å²) < 4.78 is 1.48. The molecule has 0 fully saturated rings. The molecule has 0 atom stereocenters. The van der Waals surface area contributed by atoms with Crippen LogP contribution in [0.15, 0.2) is 30.3 Å². The maximum Gasteiger partial charge on any atom is 0.275 e. The van der Waals surface area contributed by atoms with Crippen molar-refractivity contribution >= 4 is 0 Å². The number of nitrogens with zero attached hydrogens (tertiary/aromatic N) is 2. The molecule has 0 aliphatic carbocycles. The maximum absolute atomic E-state index is 9.52. The van der Waals surface area contributed by atoms with Gasteiger partial charge in [-0.1, -0.05) is 18.2 Å². The summed E-state index contributed by atoms with van der Waals surface area (Å²) in [6.45, 7) is 1.71. The van der Waals surface area contributed by atoms with Gasteiger partial charge in [0.05, 0.1) is 5.69 Å². The van der Waals surface area contributed by atoms with Gasteiger partial charge in [-0.25, -0.2) is 0 Å². The monoisotopic (exact) mass is 190 g/mol. The van der Waals surface area contributed by atoms with E-state index in [1.54, 1.807) is 6.92 Å². The van der Waals surface area contributed by atoms with Gasteiger partial charge in [-0.15, -0.1) is 0 Å². The topological polar surface area (TPSA) is 58.3 Å². The lowest BCUT2D eigenvalue weighted by Gasteiger charge is -2.04. The van der Waals surface area contributed by atoms with Crippen molar-refractivity contribution in [2.24, 2.45) is 0 Å². The van der Waals surface area contributed by atoms with Crippen molar-refractivity contribution in [2.75, 3.05) is 0 Å². The van der Waals surface area contributed by atoms with Crippen LogP contribution in [-0.4, -0.2) is 19.8 Å². The van der Waals surface area contributed by atoms with E-state index in [9.17, 15) is 10.2 Å². The van der Waals surface area contributed by atoms with E-state index >= 15 is 0 Å². The molecule has 0 aliphatic rings. The number of aryl methyl sites for hydroxylation is 1. The van der Waals surface area contributed by atoms with E-state index in [-0.39, 0.29) is 11.8 Å². The Hall–Kier alpha value is -1.97. The number of rotatable bonds is 1. The van der Waals surface area contributed by atoms with E-state index in [1.165, 1.54) is 4.57 Å². The highest BCUT2D eigenvalue weighted by molar-refractivity contribution is 5.41. The molecular formula is C10H10N2O2. The van der Waals surface area contributed by atoms with E-state index in [0.29, 0.717) is 5.82 Å². The van der Waals surface area contributed by atoms with Crippen LogP contribution in [0.2, 0.25) is 0 Å². The van der Waals surface area contributed by atoms with Crippen molar-refractivity contribution in [3.05, 3.63) is 36.2 Å². The van der Waals surface area contributed by atoms with Gasteiger partial charge in [-0.3, -0.25) is 4.57 Å². The van der Waals surface area contributed by atoms with Crippen LogP contribution in [0.3, 0.4) is 0 Å². The van der Waals surface area contributed by atoms with Gasteiger partial charge in [0.25, 0.3) is 11.8 Å². The number of para-hydroxylation sites is 1. The highest BCUT2D eigenvalue weighted by atomic mass is 16.3. The lowest BCUT2D eigenvalue weighted by Crippen LogP contribution is -1.95. The smallest absolute Gasteiger partial charge is 0.275 e. The van der Waals surface area contributed by atoms with Crippen molar-refractivity contribution in [2.45, 2.75) is 6.92 Å². The molecule has 14 heavy (non-hydrogen) atoms. The molecule has 2 N–H and O–H groups in total. The fourth-order valence-corrected chi connectivity index (χ4v) is 1.39. The molecule has 2 aromatic rings. The molecule has 1 aromatic heterocycles. The molecule has 0 spiro atoms. The summed E-state index contributed by atoms with van der Waals surface area (Å²) in [5.41, 5.74) is 0.773. The third kappa shape index (κ3) is 1.21. The molecule has 0 saturated heterocycles. The van der Waals surface area contributed by atoms with Gasteiger partial charge in [0.1, 0.15) is 5.82 Å². The lowest BCUT2D eigenvalue weighted by molar-refractivity contribution is 0.379. The number of benzene rings is 1. The van der Waals surface area contributed by atoms with Gasteiger partial charge in [-0.2, -0.15) is 4.98 Å². The highest BCUT2D eigenvalue weighted by Crippen LogP contribution is 2.28. The van der Waals surface area contributed by atoms with Crippen LogP contribution in [0.5, 0.6) is 11.8 Å². The molecule has 1 aromatic carbocycles. The Morgan fingerprint density at radius 1 is 1.14 bits per heavy atom. The van der Waals surface area contributed by atoms with Gasteiger partial charge < -0.3 is 10.2 Å². The molecule has 0 amide bonds. The molecule has 4 nitrogen and oxygen atoms in total. The predicted molar refractivity (Wildman–Crippen MR) is 51.6 cm³/mol. The van der Waals surface area contributed by atoms with Crippen molar-refractivity contribution in [3.63, 3.8) is 0 Å². The predicted octanol–water partition coefficient (Wildman–Crippen LogP) is 1.59. The Labute approximate surface area is 81.1 Å². The summed E-state index contributed by atoms with van der Waals surface area (Å²) in [4.78, 5) is 3.76. The number of hydrogen-bond donors (Lipinski definition) is 2. The van der Waals surface area contributed by atoms with Gasteiger partial charge in [0.15, 0.2) is 0 Å². The van der Waals surface area contributed by atoms with Crippen molar-refractivity contribution in [3.8, 4) is 17.4 Å². The number of aromatic nitrogens is 2. The Bertz CT molecular complexity index is 449. The van der Waals surface area contributed by atoms with Crippen molar-refractivity contribution in [1.29, 1.82) is 0 Å². The molecule has 72 valence electrons. The van der Waals surface area contributed by atoms with Crippen LogP contribution in [0.4, 0.5) is 0 Å². The highest BCUT2D eigenvalue weighted by Gasteiger charge is 2.13. The number of imidazole rings is 1. The SMILES string of the molecule is Cc1nc(O)c(O)n1-c1ccccc1. The van der Waals surface area contributed by atoms with Gasteiger partial charge in [-0.05, 0) is 19.1 Å². The third-order valence-corrected chi connectivity index (χ3v) is 2.02. The Kier molecular flexibility index (Phi) is 1.89. The average molecular weight is 190 g/mol. The largest absolute Gasteiger partial charge is 0.490 e. The van der Waals surface area contributed by atoms with Crippen molar-refractivity contribution in [1.82, 2.24) is 9.55 Å². The maximum atomic E-state index is 9.52. The van der Waals surface area contributed by atoms with E-state index in [2.05, 4.69) is 4.98 Å². The second-order valence-electron chi connectivity index (χ2n) is 2.98. The first kappa shape index (κ1) is 8.62. The van der Waals surface area contributed by atoms with Crippen LogP contribution in [0.1, 0.15) is 5.82 Å². The fraction of sp³-hybridized carbons (Fsp3) is 0.100. The molecule has 0 radical (unpaired) electrons. The first-order chi connectivity index (χ1) is 6.70. The molecule has 0 bridgehead atoms. The lowest BCUT2D eigenvalue weighted by atomic mass is 10.3. The second-order valence-corrected chi connectivity index (χ2v) is 2.98. The molecular weight excluding hydrogens is 180 g/mol. The van der Waals surface area contributed by atoms with E-state index in [4.69, 9.17) is 0 Å². The quantitative estimate of drug-likeness (QED) is 0.718. The summed E-state index contributed by atoms with van der Waals surface area (Å²) in [5, 5.41) is 18.7. The Morgan fingerprint density at radius 2 is 1.79 bits per heavy atom.